The Hall–Kier alpha value is -2.23. The largest absolute Gasteiger partial charge is 0.348 e. The Labute approximate surface area is 207 Å². The van der Waals surface area contributed by atoms with Gasteiger partial charge in [0, 0.05) is 19.3 Å². The van der Waals surface area contributed by atoms with Crippen LogP contribution in [0.5, 0.6) is 0 Å². The summed E-state index contributed by atoms with van der Waals surface area (Å²) in [6.07, 6.45) is 1.71. The van der Waals surface area contributed by atoms with Crippen molar-refractivity contribution in [2.75, 3.05) is 29.9 Å². The lowest BCUT2D eigenvalue weighted by Gasteiger charge is -2.38. The van der Waals surface area contributed by atoms with Gasteiger partial charge in [0.15, 0.2) is 11.7 Å². The first-order valence-corrected chi connectivity index (χ1v) is 14.9. The van der Waals surface area contributed by atoms with Gasteiger partial charge in [-0.3, -0.25) is 18.9 Å². The fraction of sp³-hybridized carbons (Fsp3) is 0.609. The van der Waals surface area contributed by atoms with E-state index in [1.54, 1.807) is 11.8 Å². The zero-order chi connectivity index (χ0) is 26.6. The maximum absolute atomic E-state index is 13.7. The predicted octanol–water partition coefficient (Wildman–Crippen LogP) is 3.23. The molecule has 2 N–H and O–H groups in total. The molecule has 194 valence electrons. The smallest absolute Gasteiger partial charge is 0.342 e. The molecule has 3 atom stereocenters. The number of sulfonamides is 1. The highest BCUT2D eigenvalue weighted by atomic mass is 32.2. The number of likely N-dealkylation sites (tertiary alicyclic amines) is 1. The van der Waals surface area contributed by atoms with E-state index < -0.39 is 29.0 Å². The molecule has 1 aromatic carbocycles. The van der Waals surface area contributed by atoms with Crippen LogP contribution in [0.2, 0.25) is 0 Å². The number of carbonyl (C=O) groups excluding carboxylic acids is 2. The van der Waals surface area contributed by atoms with Crippen molar-refractivity contribution in [3.05, 3.63) is 18.2 Å². The van der Waals surface area contributed by atoms with E-state index in [1.807, 2.05) is 13.8 Å². The number of benzene rings is 1. The van der Waals surface area contributed by atoms with E-state index in [4.69, 9.17) is 4.52 Å². The molecular weight excluding hydrogens is 491 g/mol. The Bertz CT molecular complexity index is 1240. The van der Waals surface area contributed by atoms with Crippen LogP contribution < -0.4 is 15.3 Å². The number of ketones is 1. The van der Waals surface area contributed by atoms with Gasteiger partial charge in [-0.15, -0.1) is 0 Å². The number of rotatable bonds is 7. The number of amidine groups is 1. The number of hydrogen-bond acceptors (Lipinski definition) is 7. The van der Waals surface area contributed by atoms with E-state index in [2.05, 4.69) is 35.6 Å². The SMILES string of the molecule is COP1(=O)N=C(C2C(=O)N(CCC(C)(C)C)C(C)(C(C)C)C2=O)Nc2ccc(NS(C)(=O)=O)cc21. The van der Waals surface area contributed by atoms with Crippen molar-refractivity contribution < 1.29 is 27.1 Å². The molecule has 0 radical (unpaired) electrons. The third kappa shape index (κ3) is 5.17. The first-order valence-electron chi connectivity index (χ1n) is 11.4. The van der Waals surface area contributed by atoms with E-state index >= 15 is 0 Å². The van der Waals surface area contributed by atoms with E-state index in [0.717, 1.165) is 6.26 Å². The van der Waals surface area contributed by atoms with Crippen LogP contribution in [-0.2, 0) is 28.7 Å². The number of fused-ring (bicyclic) bond motifs is 1. The van der Waals surface area contributed by atoms with Crippen molar-refractivity contribution >= 4 is 51.7 Å². The zero-order valence-electron chi connectivity index (χ0n) is 21.5. The third-order valence-corrected chi connectivity index (χ3v) is 9.23. The van der Waals surface area contributed by atoms with Gasteiger partial charge in [-0.2, -0.15) is 4.76 Å². The third-order valence-electron chi connectivity index (χ3n) is 6.67. The zero-order valence-corrected chi connectivity index (χ0v) is 23.2. The molecule has 0 aromatic heterocycles. The van der Waals surface area contributed by atoms with Gasteiger partial charge in [-0.05, 0) is 42.9 Å². The lowest BCUT2D eigenvalue weighted by atomic mass is 9.81. The summed E-state index contributed by atoms with van der Waals surface area (Å²) in [5, 5.41) is 3.15. The number of hydrogen-bond donors (Lipinski definition) is 2. The molecule has 1 amide bonds. The number of anilines is 2. The number of nitrogens with one attached hydrogen (secondary N) is 2. The minimum absolute atomic E-state index is 0.0216. The second-order valence-electron chi connectivity index (χ2n) is 10.8. The predicted molar refractivity (Wildman–Crippen MR) is 138 cm³/mol. The topological polar surface area (TPSA) is 134 Å². The van der Waals surface area contributed by atoms with Crippen molar-refractivity contribution in [1.82, 2.24) is 4.90 Å². The Morgan fingerprint density at radius 1 is 1.29 bits per heavy atom. The summed E-state index contributed by atoms with van der Waals surface area (Å²) in [7, 11) is -6.24. The fourth-order valence-corrected chi connectivity index (χ4v) is 6.45. The number of nitrogens with zero attached hydrogens (tertiary/aromatic N) is 2. The van der Waals surface area contributed by atoms with Crippen LogP contribution >= 0.6 is 7.52 Å². The first-order chi connectivity index (χ1) is 15.9. The Morgan fingerprint density at radius 3 is 2.43 bits per heavy atom. The number of amides is 1. The maximum atomic E-state index is 13.7. The summed E-state index contributed by atoms with van der Waals surface area (Å²) in [4.78, 5) is 29.0. The highest BCUT2D eigenvalue weighted by Gasteiger charge is 2.59. The molecule has 0 aliphatic carbocycles. The normalized spacial score (nSPS) is 27.1. The molecule has 0 bridgehead atoms. The molecule has 3 rings (SSSR count). The summed E-state index contributed by atoms with van der Waals surface area (Å²) >= 11 is 0. The Morgan fingerprint density at radius 2 is 1.91 bits per heavy atom. The summed E-state index contributed by atoms with van der Waals surface area (Å²) in [5.74, 6) is -2.11. The van der Waals surface area contributed by atoms with Crippen molar-refractivity contribution in [2.45, 2.75) is 53.5 Å². The van der Waals surface area contributed by atoms with E-state index in [1.165, 1.54) is 25.3 Å². The van der Waals surface area contributed by atoms with E-state index in [0.29, 0.717) is 18.7 Å². The average Bonchev–Trinajstić information content (AvgIpc) is 2.91. The minimum Gasteiger partial charge on any atom is -0.342 e. The van der Waals surface area contributed by atoms with E-state index in [-0.39, 0.29) is 39.9 Å². The van der Waals surface area contributed by atoms with Crippen LogP contribution in [0.1, 0.15) is 48.0 Å². The van der Waals surface area contributed by atoms with Gasteiger partial charge in [0.2, 0.25) is 15.9 Å². The van der Waals surface area contributed by atoms with Gasteiger partial charge < -0.3 is 14.7 Å². The van der Waals surface area contributed by atoms with Crippen LogP contribution in [0.15, 0.2) is 23.0 Å². The lowest BCUT2D eigenvalue weighted by molar-refractivity contribution is -0.134. The maximum Gasteiger partial charge on any atom is 0.348 e. The highest BCUT2D eigenvalue weighted by molar-refractivity contribution is 7.92. The molecule has 10 nitrogen and oxygen atoms in total. The summed E-state index contributed by atoms with van der Waals surface area (Å²) in [5.41, 5.74) is -0.558. The average molecular weight is 527 g/mol. The second-order valence-corrected chi connectivity index (χ2v) is 14.7. The minimum atomic E-state index is -3.90. The molecular formula is C23H35N4O6PS. The number of Topliss-reactive ketones (excluding diaryl/α,β-unsaturated/α-hetero) is 1. The molecule has 0 spiro atoms. The molecule has 1 fully saturated rings. The van der Waals surface area contributed by atoms with Gasteiger partial charge in [-0.25, -0.2) is 8.42 Å². The summed E-state index contributed by atoms with van der Waals surface area (Å²) in [6.45, 7) is 12.2. The van der Waals surface area contributed by atoms with Crippen LogP contribution in [-0.4, -0.2) is 56.3 Å². The van der Waals surface area contributed by atoms with Crippen LogP contribution in [0.25, 0.3) is 0 Å². The highest BCUT2D eigenvalue weighted by Crippen LogP contribution is 2.52. The van der Waals surface area contributed by atoms with Crippen molar-refractivity contribution in [3.8, 4) is 0 Å². The van der Waals surface area contributed by atoms with Crippen LogP contribution in [0.3, 0.4) is 0 Å². The number of carbonyl (C=O) groups is 2. The van der Waals surface area contributed by atoms with Crippen molar-refractivity contribution in [1.29, 1.82) is 0 Å². The second kappa shape index (κ2) is 9.01. The standard InChI is InChI=1S/C23H35N4O6PS/c1-14(2)23(6)19(28)18(21(29)27(23)12-11-22(3,4)5)20-24-16-10-9-15(26-35(8,31)32)13-17(16)34(30,25-20)33-7/h9-10,13-14,18,26H,11-12H2,1-8H3,(H,24,25,30). The quantitative estimate of drug-likeness (QED) is 0.411. The monoisotopic (exact) mass is 526 g/mol. The Balaban J connectivity index is 2.05. The van der Waals surface area contributed by atoms with Crippen LogP contribution in [0.4, 0.5) is 11.4 Å². The first kappa shape index (κ1) is 27.4. The van der Waals surface area contributed by atoms with Gasteiger partial charge in [-0.1, -0.05) is 34.6 Å². The molecule has 2 heterocycles. The van der Waals surface area contributed by atoms with Gasteiger partial charge >= 0.3 is 7.52 Å². The van der Waals surface area contributed by atoms with Gasteiger partial charge in [0.1, 0.15) is 11.4 Å². The van der Waals surface area contributed by atoms with E-state index in [9.17, 15) is 22.6 Å². The van der Waals surface area contributed by atoms with Gasteiger partial charge in [0.25, 0.3) is 0 Å². The fourth-order valence-electron chi connectivity index (χ4n) is 4.33. The van der Waals surface area contributed by atoms with Crippen molar-refractivity contribution in [2.24, 2.45) is 22.0 Å². The summed E-state index contributed by atoms with van der Waals surface area (Å²) < 4.78 is 48.8. The molecule has 35 heavy (non-hydrogen) atoms. The lowest BCUT2D eigenvalue weighted by Crippen LogP contribution is -2.52. The van der Waals surface area contributed by atoms with Gasteiger partial charge in [0.05, 0.1) is 17.2 Å². The summed E-state index contributed by atoms with van der Waals surface area (Å²) in [6, 6.07) is 4.38. The van der Waals surface area contributed by atoms with Crippen LogP contribution in [0, 0.1) is 17.3 Å². The molecule has 2 aliphatic heterocycles. The molecule has 12 heteroatoms. The molecule has 1 aromatic rings. The molecule has 3 unspecified atom stereocenters. The van der Waals surface area contributed by atoms with Crippen molar-refractivity contribution in [3.63, 3.8) is 0 Å². The molecule has 2 aliphatic rings. The molecule has 1 saturated heterocycles. The Kier molecular flexibility index (Phi) is 7.05. The molecule has 0 saturated carbocycles.